The Morgan fingerprint density at radius 1 is 1.58 bits per heavy atom. The van der Waals surface area contributed by atoms with E-state index in [4.69, 9.17) is 0 Å². The van der Waals surface area contributed by atoms with Gasteiger partial charge in [-0.05, 0) is 36.2 Å². The fourth-order valence-corrected chi connectivity index (χ4v) is 2.81. The molecular formula is C12H15BrN4OS. The average molecular weight is 343 g/mol. The smallest absolute Gasteiger partial charge is 0.251 e. The van der Waals surface area contributed by atoms with Crippen molar-refractivity contribution >= 4 is 38.3 Å². The summed E-state index contributed by atoms with van der Waals surface area (Å²) in [7, 11) is 0. The predicted molar refractivity (Wildman–Crippen MR) is 79.5 cm³/mol. The zero-order valence-corrected chi connectivity index (χ0v) is 13.4. The van der Waals surface area contributed by atoms with Gasteiger partial charge in [-0.1, -0.05) is 6.92 Å². The lowest BCUT2D eigenvalue weighted by Crippen LogP contribution is -2.25. The third kappa shape index (κ3) is 3.22. The molecule has 0 bridgehead atoms. The van der Waals surface area contributed by atoms with E-state index < -0.39 is 0 Å². The third-order valence-electron chi connectivity index (χ3n) is 2.84. The van der Waals surface area contributed by atoms with Crippen LogP contribution in [0.25, 0.3) is 0 Å². The van der Waals surface area contributed by atoms with Crippen molar-refractivity contribution in [1.82, 2.24) is 14.8 Å². The lowest BCUT2D eigenvalue weighted by molar-refractivity contribution is -0.119. The van der Waals surface area contributed by atoms with E-state index in [1.807, 2.05) is 20.8 Å². The minimum Gasteiger partial charge on any atom is -0.300 e. The van der Waals surface area contributed by atoms with Crippen LogP contribution in [0.3, 0.4) is 0 Å². The molecule has 2 heterocycles. The molecule has 1 amide bonds. The van der Waals surface area contributed by atoms with Crippen LogP contribution in [0, 0.1) is 13.8 Å². The summed E-state index contributed by atoms with van der Waals surface area (Å²) in [6, 6.07) is -0.323. The SMILES string of the molecule is CCC(C(=O)Nc1nc(C)c(C)s1)n1cc(Br)cn1. The summed E-state index contributed by atoms with van der Waals surface area (Å²) in [6.07, 6.45) is 4.14. The number of halogens is 1. The molecule has 0 saturated heterocycles. The maximum atomic E-state index is 12.3. The summed E-state index contributed by atoms with van der Waals surface area (Å²) in [4.78, 5) is 17.7. The quantitative estimate of drug-likeness (QED) is 0.927. The van der Waals surface area contributed by atoms with Gasteiger partial charge in [0.05, 0.1) is 16.4 Å². The number of anilines is 1. The lowest BCUT2D eigenvalue weighted by Gasteiger charge is -2.14. The number of aromatic nitrogens is 3. The molecule has 2 rings (SSSR count). The van der Waals surface area contributed by atoms with Gasteiger partial charge in [-0.2, -0.15) is 5.10 Å². The van der Waals surface area contributed by atoms with Crippen molar-refractivity contribution in [2.45, 2.75) is 33.2 Å². The zero-order valence-electron chi connectivity index (χ0n) is 11.0. The standard InChI is InChI=1S/C12H15BrN4OS/c1-4-10(17-6-9(13)5-14-17)11(18)16-12-15-7(2)8(3)19-12/h5-6,10H,4H2,1-3H3,(H,15,16,18). The topological polar surface area (TPSA) is 59.8 Å². The largest absolute Gasteiger partial charge is 0.300 e. The van der Waals surface area contributed by atoms with Crippen molar-refractivity contribution < 1.29 is 4.79 Å². The van der Waals surface area contributed by atoms with E-state index in [0.717, 1.165) is 15.0 Å². The average Bonchev–Trinajstić information content (AvgIpc) is 2.88. The van der Waals surface area contributed by atoms with Crippen LogP contribution < -0.4 is 5.32 Å². The second-order valence-electron chi connectivity index (χ2n) is 4.21. The number of nitrogens with zero attached hydrogens (tertiary/aromatic N) is 3. The fraction of sp³-hybridized carbons (Fsp3) is 0.417. The molecule has 2 aromatic heterocycles. The van der Waals surface area contributed by atoms with Crippen molar-refractivity contribution in [2.24, 2.45) is 0 Å². The van der Waals surface area contributed by atoms with E-state index in [1.54, 1.807) is 17.1 Å². The highest BCUT2D eigenvalue weighted by atomic mass is 79.9. The first-order chi connectivity index (χ1) is 9.01. The molecule has 19 heavy (non-hydrogen) atoms. The van der Waals surface area contributed by atoms with E-state index in [0.29, 0.717) is 11.6 Å². The van der Waals surface area contributed by atoms with Gasteiger partial charge in [0.25, 0.3) is 5.91 Å². The predicted octanol–water partition coefficient (Wildman–Crippen LogP) is 3.31. The van der Waals surface area contributed by atoms with Gasteiger partial charge in [0.15, 0.2) is 5.13 Å². The van der Waals surface area contributed by atoms with Gasteiger partial charge in [0, 0.05) is 11.1 Å². The summed E-state index contributed by atoms with van der Waals surface area (Å²) < 4.78 is 2.52. The number of hydrogen-bond donors (Lipinski definition) is 1. The first kappa shape index (κ1) is 14.2. The Labute approximate surface area is 124 Å². The van der Waals surface area contributed by atoms with Crippen molar-refractivity contribution in [2.75, 3.05) is 5.32 Å². The molecule has 1 N–H and O–H groups in total. The molecule has 0 aliphatic heterocycles. The van der Waals surface area contributed by atoms with E-state index in [-0.39, 0.29) is 11.9 Å². The molecule has 0 saturated carbocycles. The minimum absolute atomic E-state index is 0.0909. The first-order valence-electron chi connectivity index (χ1n) is 5.95. The molecule has 1 unspecified atom stereocenters. The molecule has 0 aromatic carbocycles. The van der Waals surface area contributed by atoms with Crippen LogP contribution >= 0.6 is 27.3 Å². The van der Waals surface area contributed by atoms with Crippen molar-refractivity contribution in [3.63, 3.8) is 0 Å². The number of nitrogens with one attached hydrogen (secondary N) is 1. The van der Waals surface area contributed by atoms with E-state index in [9.17, 15) is 4.79 Å². The van der Waals surface area contributed by atoms with Crippen molar-refractivity contribution in [1.29, 1.82) is 0 Å². The Morgan fingerprint density at radius 2 is 2.32 bits per heavy atom. The summed E-state index contributed by atoms with van der Waals surface area (Å²) in [5.74, 6) is -0.0909. The van der Waals surface area contributed by atoms with Crippen LogP contribution in [0.2, 0.25) is 0 Å². The van der Waals surface area contributed by atoms with Gasteiger partial charge in [-0.3, -0.25) is 9.48 Å². The van der Waals surface area contributed by atoms with Crippen LogP contribution in [0.15, 0.2) is 16.9 Å². The Kier molecular flexibility index (Phi) is 4.36. The van der Waals surface area contributed by atoms with Gasteiger partial charge in [0.2, 0.25) is 0 Å². The van der Waals surface area contributed by atoms with Crippen LogP contribution in [-0.2, 0) is 4.79 Å². The fourth-order valence-electron chi connectivity index (χ4n) is 1.69. The Bertz CT molecular complexity index is 573. The van der Waals surface area contributed by atoms with Crippen LogP contribution in [-0.4, -0.2) is 20.7 Å². The molecule has 0 aliphatic carbocycles. The molecule has 1 atom stereocenters. The third-order valence-corrected chi connectivity index (χ3v) is 4.24. The maximum absolute atomic E-state index is 12.3. The normalized spacial score (nSPS) is 12.4. The highest BCUT2D eigenvalue weighted by Crippen LogP contribution is 2.23. The van der Waals surface area contributed by atoms with Crippen LogP contribution in [0.1, 0.15) is 30.0 Å². The van der Waals surface area contributed by atoms with Crippen molar-refractivity contribution in [3.05, 3.63) is 27.4 Å². The van der Waals surface area contributed by atoms with E-state index in [2.05, 4.69) is 31.3 Å². The number of rotatable bonds is 4. The van der Waals surface area contributed by atoms with E-state index >= 15 is 0 Å². The van der Waals surface area contributed by atoms with Gasteiger partial charge < -0.3 is 5.32 Å². The van der Waals surface area contributed by atoms with Gasteiger partial charge in [0.1, 0.15) is 6.04 Å². The second kappa shape index (κ2) is 5.83. The summed E-state index contributed by atoms with van der Waals surface area (Å²) in [5.41, 5.74) is 0.954. The van der Waals surface area contributed by atoms with Crippen molar-refractivity contribution in [3.8, 4) is 0 Å². The molecule has 7 heteroatoms. The second-order valence-corrected chi connectivity index (χ2v) is 6.33. The van der Waals surface area contributed by atoms with Crippen LogP contribution in [0.4, 0.5) is 5.13 Å². The van der Waals surface area contributed by atoms with Gasteiger partial charge in [-0.15, -0.1) is 11.3 Å². The highest BCUT2D eigenvalue weighted by molar-refractivity contribution is 9.10. The minimum atomic E-state index is -0.323. The molecule has 102 valence electrons. The number of aryl methyl sites for hydroxylation is 2. The van der Waals surface area contributed by atoms with Gasteiger partial charge >= 0.3 is 0 Å². The summed E-state index contributed by atoms with van der Waals surface area (Å²) >= 11 is 4.82. The molecule has 2 aromatic rings. The number of hydrogen-bond acceptors (Lipinski definition) is 4. The Balaban J connectivity index is 2.13. The Morgan fingerprint density at radius 3 is 2.79 bits per heavy atom. The molecule has 0 aliphatic rings. The molecule has 0 fully saturated rings. The maximum Gasteiger partial charge on any atom is 0.251 e. The molecular weight excluding hydrogens is 328 g/mol. The number of amides is 1. The number of carbonyl (C=O) groups is 1. The number of thiazole rings is 1. The highest BCUT2D eigenvalue weighted by Gasteiger charge is 2.20. The van der Waals surface area contributed by atoms with Crippen LogP contribution in [0.5, 0.6) is 0 Å². The first-order valence-corrected chi connectivity index (χ1v) is 7.56. The van der Waals surface area contributed by atoms with E-state index in [1.165, 1.54) is 11.3 Å². The molecule has 0 radical (unpaired) electrons. The molecule has 5 nitrogen and oxygen atoms in total. The number of carbonyl (C=O) groups excluding carboxylic acids is 1. The zero-order chi connectivity index (χ0) is 14.0. The lowest BCUT2D eigenvalue weighted by atomic mass is 10.2. The molecule has 0 spiro atoms. The summed E-state index contributed by atoms with van der Waals surface area (Å²) in [5, 5.41) is 7.66. The monoisotopic (exact) mass is 342 g/mol. The van der Waals surface area contributed by atoms with Gasteiger partial charge in [-0.25, -0.2) is 4.98 Å². The Hall–Kier alpha value is -1.21. The summed E-state index contributed by atoms with van der Waals surface area (Å²) in [6.45, 7) is 5.88.